The van der Waals surface area contributed by atoms with Gasteiger partial charge in [0.2, 0.25) is 0 Å². The van der Waals surface area contributed by atoms with Gasteiger partial charge in [-0.25, -0.2) is 0 Å². The molecule has 3 rings (SSSR count). The lowest BCUT2D eigenvalue weighted by Gasteiger charge is -2.33. The van der Waals surface area contributed by atoms with Crippen molar-refractivity contribution in [2.24, 2.45) is 0 Å². The van der Waals surface area contributed by atoms with Gasteiger partial charge in [-0.1, -0.05) is 32.0 Å². The molecule has 1 aromatic rings. The molecule has 2 aliphatic rings. The lowest BCUT2D eigenvalue weighted by molar-refractivity contribution is 0.0423. The molecule has 1 atom stereocenters. The maximum Gasteiger partial charge on any atom is 0.0580 e. The number of fused-ring (bicyclic) bond motifs is 2. The van der Waals surface area contributed by atoms with Crippen LogP contribution < -0.4 is 5.32 Å². The van der Waals surface area contributed by atoms with Crippen LogP contribution in [0.15, 0.2) is 24.3 Å². The fraction of sp³-hybridized carbons (Fsp3) is 0.571. The number of hydrogen-bond acceptors (Lipinski definition) is 2. The number of benzene rings is 1. The molecule has 0 aliphatic carbocycles. The van der Waals surface area contributed by atoms with Crippen molar-refractivity contribution in [2.75, 3.05) is 25.1 Å². The van der Waals surface area contributed by atoms with E-state index >= 15 is 0 Å². The first-order valence-corrected chi connectivity index (χ1v) is 6.32. The number of nitrogens with one attached hydrogen (secondary N) is 1. The highest BCUT2D eigenvalue weighted by molar-refractivity contribution is 5.60. The number of ether oxygens (including phenoxy) is 1. The van der Waals surface area contributed by atoms with Crippen LogP contribution in [0.2, 0.25) is 0 Å². The van der Waals surface area contributed by atoms with Crippen LogP contribution in [0.25, 0.3) is 0 Å². The standard InChI is InChI=1S/C12H15NO.C2H6/c1-2-5-11-10(4-1)12(8-13-11)6-3-7-14-9-12;1-2/h1-2,4-5,13H,3,6-9H2;1-2H3. The minimum absolute atomic E-state index is 0.273. The van der Waals surface area contributed by atoms with Crippen LogP contribution >= 0.6 is 0 Å². The van der Waals surface area contributed by atoms with Crippen molar-refractivity contribution in [3.63, 3.8) is 0 Å². The molecule has 16 heavy (non-hydrogen) atoms. The lowest BCUT2D eigenvalue weighted by Crippen LogP contribution is -2.37. The van der Waals surface area contributed by atoms with Gasteiger partial charge in [-0.2, -0.15) is 0 Å². The summed E-state index contributed by atoms with van der Waals surface area (Å²) in [7, 11) is 0. The molecule has 2 nitrogen and oxygen atoms in total. The van der Waals surface area contributed by atoms with E-state index in [0.717, 1.165) is 19.8 Å². The van der Waals surface area contributed by atoms with Gasteiger partial charge in [0, 0.05) is 24.3 Å². The average molecular weight is 219 g/mol. The number of para-hydroxylation sites is 1. The molecule has 0 aromatic heterocycles. The molecule has 0 amide bonds. The molecule has 0 bridgehead atoms. The summed E-state index contributed by atoms with van der Waals surface area (Å²) in [6.07, 6.45) is 2.45. The summed E-state index contributed by atoms with van der Waals surface area (Å²) in [4.78, 5) is 0. The van der Waals surface area contributed by atoms with Crippen LogP contribution in [0.5, 0.6) is 0 Å². The smallest absolute Gasteiger partial charge is 0.0580 e. The van der Waals surface area contributed by atoms with Gasteiger partial charge in [0.15, 0.2) is 0 Å². The molecule has 2 heterocycles. The van der Waals surface area contributed by atoms with Gasteiger partial charge in [-0.15, -0.1) is 0 Å². The zero-order valence-corrected chi connectivity index (χ0v) is 10.3. The molecule has 0 saturated carbocycles. The Kier molecular flexibility index (Phi) is 3.49. The first-order chi connectivity index (χ1) is 7.91. The summed E-state index contributed by atoms with van der Waals surface area (Å²) in [5.74, 6) is 0. The van der Waals surface area contributed by atoms with E-state index < -0.39 is 0 Å². The fourth-order valence-corrected chi connectivity index (χ4v) is 2.66. The predicted octanol–water partition coefficient (Wildman–Crippen LogP) is 3.19. The van der Waals surface area contributed by atoms with E-state index in [2.05, 4.69) is 29.6 Å². The molecule has 1 N–H and O–H groups in total. The molecule has 1 saturated heterocycles. The molecule has 1 spiro atoms. The summed E-state index contributed by atoms with van der Waals surface area (Å²) in [5.41, 5.74) is 3.03. The summed E-state index contributed by atoms with van der Waals surface area (Å²) < 4.78 is 5.62. The second kappa shape index (κ2) is 4.88. The van der Waals surface area contributed by atoms with Crippen molar-refractivity contribution in [1.82, 2.24) is 0 Å². The predicted molar refractivity (Wildman–Crippen MR) is 68.0 cm³/mol. The zero-order chi connectivity index (χ0) is 11.4. The Labute approximate surface area is 98.0 Å². The Morgan fingerprint density at radius 3 is 2.81 bits per heavy atom. The highest BCUT2D eigenvalue weighted by Crippen LogP contribution is 2.41. The molecule has 0 radical (unpaired) electrons. The van der Waals surface area contributed by atoms with Crippen molar-refractivity contribution in [2.45, 2.75) is 32.1 Å². The highest BCUT2D eigenvalue weighted by Gasteiger charge is 2.40. The van der Waals surface area contributed by atoms with Crippen LogP contribution in [0.3, 0.4) is 0 Å². The summed E-state index contributed by atoms with van der Waals surface area (Å²) in [6, 6.07) is 8.62. The zero-order valence-electron chi connectivity index (χ0n) is 10.3. The molecule has 1 fully saturated rings. The second-order valence-corrected chi connectivity index (χ2v) is 4.34. The summed E-state index contributed by atoms with van der Waals surface area (Å²) >= 11 is 0. The maximum absolute atomic E-state index is 5.62. The maximum atomic E-state index is 5.62. The monoisotopic (exact) mass is 219 g/mol. The highest BCUT2D eigenvalue weighted by atomic mass is 16.5. The molecule has 2 heteroatoms. The minimum atomic E-state index is 0.273. The number of hydrogen-bond donors (Lipinski definition) is 1. The molecule has 1 unspecified atom stereocenters. The first kappa shape index (κ1) is 11.5. The summed E-state index contributed by atoms with van der Waals surface area (Å²) in [5, 5.41) is 3.48. The van der Waals surface area contributed by atoms with Crippen LogP contribution in [-0.2, 0) is 10.2 Å². The molecule has 88 valence electrons. The Morgan fingerprint density at radius 2 is 2.06 bits per heavy atom. The Morgan fingerprint density at radius 1 is 1.25 bits per heavy atom. The van der Waals surface area contributed by atoms with Gasteiger partial charge < -0.3 is 10.1 Å². The molecule has 1 aromatic carbocycles. The minimum Gasteiger partial charge on any atom is -0.384 e. The first-order valence-electron chi connectivity index (χ1n) is 6.32. The molecule has 2 aliphatic heterocycles. The van der Waals surface area contributed by atoms with Crippen LogP contribution in [-0.4, -0.2) is 19.8 Å². The van der Waals surface area contributed by atoms with Crippen LogP contribution in [0, 0.1) is 0 Å². The van der Waals surface area contributed by atoms with Gasteiger partial charge in [-0.3, -0.25) is 0 Å². The largest absolute Gasteiger partial charge is 0.384 e. The fourth-order valence-electron chi connectivity index (χ4n) is 2.66. The van der Waals surface area contributed by atoms with Crippen molar-refractivity contribution in [3.05, 3.63) is 29.8 Å². The van der Waals surface area contributed by atoms with E-state index in [1.165, 1.54) is 24.1 Å². The quantitative estimate of drug-likeness (QED) is 0.723. The third kappa shape index (κ3) is 1.82. The van der Waals surface area contributed by atoms with Crippen LogP contribution in [0.1, 0.15) is 32.3 Å². The number of anilines is 1. The van der Waals surface area contributed by atoms with E-state index in [4.69, 9.17) is 4.74 Å². The summed E-state index contributed by atoms with van der Waals surface area (Å²) in [6.45, 7) is 6.87. The average Bonchev–Trinajstić information content (AvgIpc) is 2.73. The third-order valence-electron chi connectivity index (χ3n) is 3.44. The van der Waals surface area contributed by atoms with Crippen molar-refractivity contribution in [1.29, 1.82) is 0 Å². The van der Waals surface area contributed by atoms with E-state index in [0.29, 0.717) is 0 Å². The third-order valence-corrected chi connectivity index (χ3v) is 3.44. The van der Waals surface area contributed by atoms with Crippen molar-refractivity contribution >= 4 is 5.69 Å². The Bertz CT molecular complexity index is 337. The topological polar surface area (TPSA) is 21.3 Å². The molecular weight excluding hydrogens is 198 g/mol. The molecular formula is C14H21NO. The normalized spacial score (nSPS) is 26.6. The van der Waals surface area contributed by atoms with Gasteiger partial charge in [0.25, 0.3) is 0 Å². The van der Waals surface area contributed by atoms with Crippen LogP contribution in [0.4, 0.5) is 5.69 Å². The number of rotatable bonds is 0. The van der Waals surface area contributed by atoms with Gasteiger partial charge >= 0.3 is 0 Å². The Balaban J connectivity index is 0.000000457. The lowest BCUT2D eigenvalue weighted by atomic mass is 9.78. The van der Waals surface area contributed by atoms with E-state index in [-0.39, 0.29) is 5.41 Å². The van der Waals surface area contributed by atoms with Gasteiger partial charge in [0.05, 0.1) is 6.61 Å². The second-order valence-electron chi connectivity index (χ2n) is 4.34. The van der Waals surface area contributed by atoms with E-state index in [1.807, 2.05) is 13.8 Å². The Hall–Kier alpha value is -1.02. The SMILES string of the molecule is CC.c1ccc2c(c1)NCC21CCCOC1. The van der Waals surface area contributed by atoms with Crippen molar-refractivity contribution in [3.8, 4) is 0 Å². The van der Waals surface area contributed by atoms with E-state index in [1.54, 1.807) is 0 Å². The van der Waals surface area contributed by atoms with Crippen molar-refractivity contribution < 1.29 is 4.74 Å². The van der Waals surface area contributed by atoms with Gasteiger partial charge in [-0.05, 0) is 24.5 Å². The van der Waals surface area contributed by atoms with Gasteiger partial charge in [0.1, 0.15) is 0 Å². The van der Waals surface area contributed by atoms with E-state index in [9.17, 15) is 0 Å².